The quantitative estimate of drug-likeness (QED) is 0.518. The maximum atomic E-state index is 13.3. The predicted octanol–water partition coefficient (Wildman–Crippen LogP) is 2.62. The van der Waals surface area contributed by atoms with E-state index in [2.05, 4.69) is 10.6 Å². The normalized spacial score (nSPS) is 15.8. The van der Waals surface area contributed by atoms with Crippen molar-refractivity contribution in [3.8, 4) is 17.2 Å². The molecule has 0 saturated heterocycles. The molecule has 34 heavy (non-hydrogen) atoms. The summed E-state index contributed by atoms with van der Waals surface area (Å²) >= 11 is 6.00. The summed E-state index contributed by atoms with van der Waals surface area (Å²) in [6.45, 7) is 0. The van der Waals surface area contributed by atoms with Gasteiger partial charge in [0.05, 0.1) is 45.8 Å². The Morgan fingerprint density at radius 3 is 2.24 bits per heavy atom. The van der Waals surface area contributed by atoms with Crippen molar-refractivity contribution in [2.45, 2.75) is 10.9 Å². The lowest BCUT2D eigenvalue weighted by atomic mass is 9.95. The number of hydrogen-bond acceptors (Lipinski definition) is 8. The van der Waals surface area contributed by atoms with Gasteiger partial charge >= 0.3 is 12.0 Å². The van der Waals surface area contributed by atoms with Crippen molar-refractivity contribution in [2.75, 3.05) is 34.2 Å². The van der Waals surface area contributed by atoms with Crippen LogP contribution in [0.2, 0.25) is 5.02 Å². The lowest BCUT2D eigenvalue weighted by Gasteiger charge is -2.29. The van der Waals surface area contributed by atoms with Crippen molar-refractivity contribution in [1.29, 1.82) is 0 Å². The second kappa shape index (κ2) is 10.2. The monoisotopic (exact) mass is 510 g/mol. The summed E-state index contributed by atoms with van der Waals surface area (Å²) in [6, 6.07) is 7.21. The Balaban J connectivity index is 2.15. The summed E-state index contributed by atoms with van der Waals surface area (Å²) in [5.41, 5.74) is 0.222. The highest BCUT2D eigenvalue weighted by molar-refractivity contribution is 7.91. The second-order valence-electron chi connectivity index (χ2n) is 7.08. The molecule has 1 aliphatic rings. The number of carbonyl (C=O) groups is 2. The number of ether oxygens (including phenoxy) is 4. The molecule has 2 amide bonds. The van der Waals surface area contributed by atoms with Gasteiger partial charge in [0, 0.05) is 10.7 Å². The smallest absolute Gasteiger partial charge is 0.338 e. The summed E-state index contributed by atoms with van der Waals surface area (Å²) in [4.78, 5) is 25.1. The van der Waals surface area contributed by atoms with E-state index in [0.717, 1.165) is 7.11 Å². The molecule has 1 heterocycles. The zero-order chi connectivity index (χ0) is 25.0. The van der Waals surface area contributed by atoms with Gasteiger partial charge in [-0.3, -0.25) is 0 Å². The summed E-state index contributed by atoms with van der Waals surface area (Å²) < 4.78 is 47.2. The molecule has 2 aromatic rings. The molecule has 2 N–H and O–H groups in total. The molecule has 0 aliphatic carbocycles. The van der Waals surface area contributed by atoms with E-state index in [9.17, 15) is 18.0 Å². The molecular formula is C22H23ClN2O8S. The first-order valence-corrected chi connectivity index (χ1v) is 11.8. The first-order chi connectivity index (χ1) is 16.1. The number of esters is 1. The number of hydrogen-bond donors (Lipinski definition) is 2. The molecule has 0 spiro atoms. The SMILES string of the molecule is COC(=O)C1=C(CS(=O)(=O)c2cc(Cl)ccc2OC)NC(=O)N[C@H]1c1ccc(OC)c(OC)c1. The van der Waals surface area contributed by atoms with Crippen LogP contribution in [0.5, 0.6) is 17.2 Å². The Morgan fingerprint density at radius 2 is 1.62 bits per heavy atom. The number of methoxy groups -OCH3 is 4. The van der Waals surface area contributed by atoms with Crippen molar-refractivity contribution >= 4 is 33.4 Å². The molecule has 3 rings (SSSR count). The average molecular weight is 511 g/mol. The Hall–Kier alpha value is -3.44. The molecule has 2 aromatic carbocycles. The van der Waals surface area contributed by atoms with Gasteiger partial charge in [-0.05, 0) is 35.9 Å². The Kier molecular flexibility index (Phi) is 7.57. The van der Waals surface area contributed by atoms with Crippen LogP contribution in [0.3, 0.4) is 0 Å². The van der Waals surface area contributed by atoms with Crippen LogP contribution in [0.1, 0.15) is 11.6 Å². The van der Waals surface area contributed by atoms with Crippen LogP contribution in [0.25, 0.3) is 0 Å². The summed E-state index contributed by atoms with van der Waals surface area (Å²) in [7, 11) is 1.27. The molecule has 0 unspecified atom stereocenters. The van der Waals surface area contributed by atoms with E-state index < -0.39 is 33.6 Å². The first-order valence-electron chi connectivity index (χ1n) is 9.82. The number of halogens is 1. The molecule has 0 aromatic heterocycles. The largest absolute Gasteiger partial charge is 0.495 e. The van der Waals surface area contributed by atoms with E-state index in [-0.39, 0.29) is 26.9 Å². The minimum absolute atomic E-state index is 0.0707. The van der Waals surface area contributed by atoms with E-state index in [0.29, 0.717) is 17.1 Å². The summed E-state index contributed by atoms with van der Waals surface area (Å²) in [5.74, 6) is -0.677. The van der Waals surface area contributed by atoms with Crippen molar-refractivity contribution in [3.05, 3.63) is 58.3 Å². The van der Waals surface area contributed by atoms with Gasteiger partial charge in [-0.2, -0.15) is 0 Å². The van der Waals surface area contributed by atoms with Gasteiger partial charge in [0.15, 0.2) is 21.3 Å². The lowest BCUT2D eigenvalue weighted by molar-refractivity contribution is -0.136. The number of urea groups is 1. The van der Waals surface area contributed by atoms with E-state index in [1.165, 1.54) is 39.5 Å². The number of benzene rings is 2. The standard InChI is InChI=1S/C22H23ClN2O8S/c1-30-15-7-5-12(9-17(15)32-3)20-19(21(26)33-4)14(24-22(27)25-20)11-34(28,29)18-10-13(23)6-8-16(18)31-2/h5-10,20H,11H2,1-4H3,(H2,24,25,27)/t20-/m0/s1. The molecular weight excluding hydrogens is 488 g/mol. The van der Waals surface area contributed by atoms with E-state index >= 15 is 0 Å². The van der Waals surface area contributed by atoms with Crippen molar-refractivity contribution < 1.29 is 37.0 Å². The fourth-order valence-corrected chi connectivity index (χ4v) is 5.29. The maximum Gasteiger partial charge on any atom is 0.338 e. The molecule has 0 bridgehead atoms. The van der Waals surface area contributed by atoms with E-state index in [1.54, 1.807) is 18.2 Å². The van der Waals surface area contributed by atoms with Crippen LogP contribution in [0.4, 0.5) is 4.79 Å². The van der Waals surface area contributed by atoms with Gasteiger partial charge in [-0.15, -0.1) is 0 Å². The fraction of sp³-hybridized carbons (Fsp3) is 0.273. The molecule has 0 saturated carbocycles. The molecule has 12 heteroatoms. The van der Waals surface area contributed by atoms with Gasteiger partial charge in [0.25, 0.3) is 0 Å². The van der Waals surface area contributed by atoms with Crippen LogP contribution >= 0.6 is 11.6 Å². The number of rotatable bonds is 8. The van der Waals surface area contributed by atoms with Gasteiger partial charge in [-0.25, -0.2) is 18.0 Å². The predicted molar refractivity (Wildman–Crippen MR) is 123 cm³/mol. The molecule has 10 nitrogen and oxygen atoms in total. The van der Waals surface area contributed by atoms with Crippen LogP contribution in [0, 0.1) is 0 Å². The van der Waals surface area contributed by atoms with Crippen molar-refractivity contribution in [3.63, 3.8) is 0 Å². The fourth-order valence-electron chi connectivity index (χ4n) is 3.53. The third kappa shape index (κ3) is 5.05. The molecule has 182 valence electrons. The summed E-state index contributed by atoms with van der Waals surface area (Å²) in [6.07, 6.45) is 0. The zero-order valence-corrected chi connectivity index (χ0v) is 20.4. The molecule has 0 radical (unpaired) electrons. The van der Waals surface area contributed by atoms with Gasteiger partial charge in [0.1, 0.15) is 10.6 Å². The first kappa shape index (κ1) is 25.2. The van der Waals surface area contributed by atoms with Gasteiger partial charge in [0.2, 0.25) is 0 Å². The Labute approximate surface area is 201 Å². The molecule has 1 aliphatic heterocycles. The summed E-state index contributed by atoms with van der Waals surface area (Å²) in [5, 5.41) is 5.24. The van der Waals surface area contributed by atoms with Crippen LogP contribution in [0.15, 0.2) is 52.6 Å². The number of sulfone groups is 1. The zero-order valence-electron chi connectivity index (χ0n) is 18.8. The lowest BCUT2D eigenvalue weighted by Crippen LogP contribution is -2.47. The highest BCUT2D eigenvalue weighted by Crippen LogP contribution is 2.36. The maximum absolute atomic E-state index is 13.3. The van der Waals surface area contributed by atoms with Crippen LogP contribution < -0.4 is 24.8 Å². The number of nitrogens with one attached hydrogen (secondary N) is 2. The van der Waals surface area contributed by atoms with Gasteiger partial charge < -0.3 is 29.6 Å². The second-order valence-corrected chi connectivity index (χ2v) is 9.48. The van der Waals surface area contributed by atoms with Gasteiger partial charge in [-0.1, -0.05) is 17.7 Å². The number of amides is 2. The third-order valence-electron chi connectivity index (χ3n) is 5.09. The Morgan fingerprint density at radius 1 is 0.971 bits per heavy atom. The topological polar surface area (TPSA) is 129 Å². The van der Waals surface area contributed by atoms with Crippen LogP contribution in [-0.4, -0.2) is 54.6 Å². The van der Waals surface area contributed by atoms with E-state index in [1.807, 2.05) is 0 Å². The van der Waals surface area contributed by atoms with Crippen molar-refractivity contribution in [1.82, 2.24) is 10.6 Å². The molecule has 1 atom stereocenters. The van der Waals surface area contributed by atoms with Crippen molar-refractivity contribution in [2.24, 2.45) is 0 Å². The Bertz CT molecular complexity index is 1260. The highest BCUT2D eigenvalue weighted by atomic mass is 35.5. The third-order valence-corrected chi connectivity index (χ3v) is 6.99. The van der Waals surface area contributed by atoms with Crippen LogP contribution in [-0.2, 0) is 19.4 Å². The van der Waals surface area contributed by atoms with E-state index in [4.69, 9.17) is 30.5 Å². The molecule has 0 fully saturated rings. The number of carbonyl (C=O) groups excluding carboxylic acids is 2. The minimum Gasteiger partial charge on any atom is -0.495 e. The minimum atomic E-state index is -4.11. The average Bonchev–Trinajstić information content (AvgIpc) is 2.82. The highest BCUT2D eigenvalue weighted by Gasteiger charge is 2.36.